The van der Waals surface area contributed by atoms with Crippen molar-refractivity contribution >= 4 is 27.5 Å². The van der Waals surface area contributed by atoms with Gasteiger partial charge in [0.25, 0.3) is 5.56 Å². The highest BCUT2D eigenvalue weighted by Gasteiger charge is 2.16. The van der Waals surface area contributed by atoms with Gasteiger partial charge in [0.1, 0.15) is 16.4 Å². The third-order valence-electron chi connectivity index (χ3n) is 4.97. The quantitative estimate of drug-likeness (QED) is 0.451. The van der Waals surface area contributed by atoms with Crippen LogP contribution in [0, 0.1) is 6.92 Å². The molecule has 4 aromatic rings. The molecule has 0 spiro atoms. The van der Waals surface area contributed by atoms with Crippen molar-refractivity contribution in [3.63, 3.8) is 0 Å². The van der Waals surface area contributed by atoms with Gasteiger partial charge < -0.3 is 9.47 Å². The first-order chi connectivity index (χ1) is 14.5. The molecule has 0 aliphatic carbocycles. The molecule has 0 saturated carbocycles. The maximum Gasteiger partial charge on any atom is 0.337 e. The Labute approximate surface area is 177 Å². The molecular formula is C23H20N2O4S. The zero-order chi connectivity index (χ0) is 21.3. The van der Waals surface area contributed by atoms with Crippen LogP contribution in [-0.2, 0) is 11.3 Å². The van der Waals surface area contributed by atoms with E-state index in [1.165, 1.54) is 18.4 Å². The summed E-state index contributed by atoms with van der Waals surface area (Å²) in [4.78, 5) is 30.6. The molecule has 0 N–H and O–H groups in total. The topological polar surface area (TPSA) is 70.4 Å². The Kier molecular flexibility index (Phi) is 5.37. The van der Waals surface area contributed by atoms with Gasteiger partial charge in [-0.1, -0.05) is 24.3 Å². The molecule has 0 fully saturated rings. The number of carbonyl (C=O) groups is 1. The summed E-state index contributed by atoms with van der Waals surface area (Å²) in [5.74, 6) is 0.975. The lowest BCUT2D eigenvalue weighted by Gasteiger charge is -2.11. The predicted molar refractivity (Wildman–Crippen MR) is 117 cm³/mol. The summed E-state index contributed by atoms with van der Waals surface area (Å²) in [7, 11) is 2.97. The monoisotopic (exact) mass is 420 g/mol. The smallest absolute Gasteiger partial charge is 0.337 e. The summed E-state index contributed by atoms with van der Waals surface area (Å²) in [5, 5.41) is 2.56. The maximum atomic E-state index is 13.4. The molecular weight excluding hydrogens is 400 g/mol. The van der Waals surface area contributed by atoms with Crippen molar-refractivity contribution in [3.8, 4) is 16.9 Å². The lowest BCUT2D eigenvalue weighted by atomic mass is 10.1. The normalized spacial score (nSPS) is 10.9. The third kappa shape index (κ3) is 3.59. The number of methoxy groups -OCH3 is 2. The van der Waals surface area contributed by atoms with Crippen LogP contribution in [0.25, 0.3) is 21.3 Å². The van der Waals surface area contributed by atoms with E-state index in [4.69, 9.17) is 9.47 Å². The van der Waals surface area contributed by atoms with E-state index < -0.39 is 5.97 Å². The van der Waals surface area contributed by atoms with Crippen molar-refractivity contribution in [1.29, 1.82) is 0 Å². The second-order valence-electron chi connectivity index (χ2n) is 6.80. The van der Waals surface area contributed by atoms with Crippen LogP contribution in [0.4, 0.5) is 0 Å². The van der Waals surface area contributed by atoms with Crippen LogP contribution in [-0.4, -0.2) is 29.7 Å². The molecule has 7 heteroatoms. The van der Waals surface area contributed by atoms with Gasteiger partial charge in [0, 0.05) is 10.9 Å². The summed E-state index contributed by atoms with van der Waals surface area (Å²) < 4.78 is 11.7. The summed E-state index contributed by atoms with van der Waals surface area (Å²) >= 11 is 1.45. The van der Waals surface area contributed by atoms with Gasteiger partial charge in [0.2, 0.25) is 0 Å². The molecule has 0 saturated heterocycles. The fraction of sp³-hybridized carbons (Fsp3) is 0.174. The number of thiophene rings is 1. The number of nitrogens with zero attached hydrogens (tertiary/aromatic N) is 2. The van der Waals surface area contributed by atoms with Crippen LogP contribution >= 0.6 is 11.3 Å². The molecule has 30 heavy (non-hydrogen) atoms. The molecule has 0 radical (unpaired) electrons. The summed E-state index contributed by atoms with van der Waals surface area (Å²) in [6.45, 7) is 2.13. The van der Waals surface area contributed by atoms with E-state index in [9.17, 15) is 9.59 Å². The molecule has 2 aromatic heterocycles. The first-order valence-corrected chi connectivity index (χ1v) is 10.2. The van der Waals surface area contributed by atoms with Crippen LogP contribution in [0.5, 0.6) is 5.75 Å². The second-order valence-corrected chi connectivity index (χ2v) is 7.66. The van der Waals surface area contributed by atoms with E-state index in [0.29, 0.717) is 28.1 Å². The molecule has 0 aliphatic heterocycles. The molecule has 4 rings (SSSR count). The number of carbonyl (C=O) groups excluding carboxylic acids is 1. The predicted octanol–water partition coefficient (Wildman–Crippen LogP) is 4.28. The number of fused-ring (bicyclic) bond motifs is 1. The van der Waals surface area contributed by atoms with E-state index in [-0.39, 0.29) is 5.56 Å². The average Bonchev–Trinajstić information content (AvgIpc) is 3.20. The molecule has 0 amide bonds. The van der Waals surface area contributed by atoms with Crippen molar-refractivity contribution in [2.75, 3.05) is 14.2 Å². The van der Waals surface area contributed by atoms with Crippen LogP contribution in [0.3, 0.4) is 0 Å². The highest BCUT2D eigenvalue weighted by atomic mass is 32.1. The van der Waals surface area contributed by atoms with E-state index in [1.54, 1.807) is 29.9 Å². The van der Waals surface area contributed by atoms with Crippen molar-refractivity contribution in [3.05, 3.63) is 81.2 Å². The zero-order valence-electron chi connectivity index (χ0n) is 16.8. The first-order valence-electron chi connectivity index (χ1n) is 9.32. The number of benzene rings is 2. The number of rotatable bonds is 5. The van der Waals surface area contributed by atoms with Gasteiger partial charge in [-0.05, 0) is 42.3 Å². The van der Waals surface area contributed by atoms with Crippen molar-refractivity contribution < 1.29 is 14.3 Å². The molecule has 0 aliphatic rings. The van der Waals surface area contributed by atoms with E-state index in [2.05, 4.69) is 4.98 Å². The summed E-state index contributed by atoms with van der Waals surface area (Å²) in [6, 6.07) is 14.7. The Morgan fingerprint density at radius 1 is 1.13 bits per heavy atom. The molecule has 0 unspecified atom stereocenters. The SMILES string of the molecule is COC(=O)c1cccc(Cn2c(C)nc3scc(-c4ccc(OC)cc4)c3c2=O)c1. The number of esters is 1. The molecule has 0 atom stereocenters. The largest absolute Gasteiger partial charge is 0.497 e. The lowest BCUT2D eigenvalue weighted by Crippen LogP contribution is -2.24. The minimum absolute atomic E-state index is 0.104. The fourth-order valence-corrected chi connectivity index (χ4v) is 4.38. The Balaban J connectivity index is 1.79. The number of hydrogen-bond acceptors (Lipinski definition) is 6. The van der Waals surface area contributed by atoms with Gasteiger partial charge in [-0.25, -0.2) is 9.78 Å². The van der Waals surface area contributed by atoms with Gasteiger partial charge in [0.05, 0.1) is 31.7 Å². The number of aromatic nitrogens is 2. The minimum atomic E-state index is -0.408. The van der Waals surface area contributed by atoms with Crippen molar-refractivity contribution in [1.82, 2.24) is 9.55 Å². The Morgan fingerprint density at radius 3 is 2.60 bits per heavy atom. The maximum absolute atomic E-state index is 13.4. The number of hydrogen-bond donors (Lipinski definition) is 0. The number of ether oxygens (including phenoxy) is 2. The van der Waals surface area contributed by atoms with Gasteiger partial charge >= 0.3 is 5.97 Å². The first kappa shape index (κ1) is 19.8. The van der Waals surface area contributed by atoms with Gasteiger partial charge in [-0.15, -0.1) is 11.3 Å². The van der Waals surface area contributed by atoms with Gasteiger partial charge in [-0.3, -0.25) is 9.36 Å². The molecule has 0 bridgehead atoms. The minimum Gasteiger partial charge on any atom is -0.497 e. The van der Waals surface area contributed by atoms with Crippen LogP contribution < -0.4 is 10.3 Å². The van der Waals surface area contributed by atoms with Gasteiger partial charge in [-0.2, -0.15) is 0 Å². The van der Waals surface area contributed by atoms with Crippen molar-refractivity contribution in [2.45, 2.75) is 13.5 Å². The van der Waals surface area contributed by atoms with Gasteiger partial charge in [0.15, 0.2) is 0 Å². The summed E-state index contributed by atoms with van der Waals surface area (Å²) in [5.41, 5.74) is 2.96. The number of aryl methyl sites for hydroxylation is 1. The average molecular weight is 420 g/mol. The highest BCUT2D eigenvalue weighted by molar-refractivity contribution is 7.17. The Bertz CT molecular complexity index is 1290. The van der Waals surface area contributed by atoms with Crippen molar-refractivity contribution in [2.24, 2.45) is 0 Å². The summed E-state index contributed by atoms with van der Waals surface area (Å²) in [6.07, 6.45) is 0. The zero-order valence-corrected chi connectivity index (χ0v) is 17.7. The molecule has 6 nitrogen and oxygen atoms in total. The Morgan fingerprint density at radius 2 is 1.90 bits per heavy atom. The second kappa shape index (κ2) is 8.12. The van der Waals surface area contributed by atoms with Crippen LogP contribution in [0.2, 0.25) is 0 Å². The van der Waals surface area contributed by atoms with Crippen LogP contribution in [0.1, 0.15) is 21.7 Å². The molecule has 2 aromatic carbocycles. The van der Waals surface area contributed by atoms with Crippen LogP contribution in [0.15, 0.2) is 58.7 Å². The molecule has 152 valence electrons. The van der Waals surface area contributed by atoms with E-state index >= 15 is 0 Å². The molecule has 2 heterocycles. The van der Waals surface area contributed by atoms with E-state index in [0.717, 1.165) is 22.4 Å². The Hall–Kier alpha value is -3.45. The highest BCUT2D eigenvalue weighted by Crippen LogP contribution is 2.32. The lowest BCUT2D eigenvalue weighted by molar-refractivity contribution is 0.0600. The fourth-order valence-electron chi connectivity index (χ4n) is 3.39. The standard InChI is InChI=1S/C23H20N2O4S/c1-14-24-21-20(19(13-30-21)16-7-9-18(28-2)10-8-16)22(26)25(14)12-15-5-4-6-17(11-15)23(27)29-3/h4-11,13H,12H2,1-3H3. The third-order valence-corrected chi connectivity index (χ3v) is 5.85. The van der Waals surface area contributed by atoms with E-state index in [1.807, 2.05) is 42.6 Å².